The van der Waals surface area contributed by atoms with Crippen LogP contribution >= 0.6 is 11.3 Å². The Kier molecular flexibility index (Phi) is 4.41. The molecule has 2 aromatic heterocycles. The molecule has 6 heteroatoms. The minimum atomic E-state index is -0.190. The minimum Gasteiger partial charge on any atom is -0.493 e. The number of ether oxygens (including phenoxy) is 1. The normalized spacial score (nSPS) is 10.8. The number of thiazole rings is 1. The maximum absolute atomic E-state index is 12.5. The van der Waals surface area contributed by atoms with Gasteiger partial charge in [-0.05, 0) is 31.2 Å². The maximum atomic E-state index is 12.5. The van der Waals surface area contributed by atoms with Crippen LogP contribution in [0.4, 0.5) is 5.69 Å². The van der Waals surface area contributed by atoms with Crippen molar-refractivity contribution in [1.82, 2.24) is 9.38 Å². The first-order valence-corrected chi connectivity index (χ1v) is 9.18. The zero-order valence-electron chi connectivity index (χ0n) is 14.2. The van der Waals surface area contributed by atoms with Gasteiger partial charge in [-0.1, -0.05) is 24.3 Å². The lowest BCUT2D eigenvalue weighted by Gasteiger charge is -2.10. The van der Waals surface area contributed by atoms with Gasteiger partial charge in [-0.15, -0.1) is 11.3 Å². The third-order valence-corrected chi connectivity index (χ3v) is 4.73. The maximum Gasteiger partial charge on any atom is 0.259 e. The molecule has 2 aromatic carbocycles. The molecular weight excluding hydrogens is 346 g/mol. The van der Waals surface area contributed by atoms with Crippen molar-refractivity contribution in [3.05, 3.63) is 71.9 Å². The van der Waals surface area contributed by atoms with E-state index in [0.29, 0.717) is 17.9 Å². The van der Waals surface area contributed by atoms with Gasteiger partial charge in [0.15, 0.2) is 4.96 Å². The van der Waals surface area contributed by atoms with Crippen LogP contribution in [0.3, 0.4) is 0 Å². The summed E-state index contributed by atoms with van der Waals surface area (Å²) in [5.41, 5.74) is 3.17. The number of carbonyl (C=O) groups excluding carboxylic acids is 1. The fourth-order valence-corrected chi connectivity index (χ4v) is 3.42. The first-order valence-electron chi connectivity index (χ1n) is 8.30. The Morgan fingerprint density at radius 2 is 2.00 bits per heavy atom. The van der Waals surface area contributed by atoms with Crippen molar-refractivity contribution in [3.8, 4) is 17.0 Å². The van der Waals surface area contributed by atoms with Gasteiger partial charge in [0.25, 0.3) is 5.91 Å². The van der Waals surface area contributed by atoms with Crippen LogP contribution < -0.4 is 10.1 Å². The third-order valence-electron chi connectivity index (χ3n) is 3.96. The predicted molar refractivity (Wildman–Crippen MR) is 104 cm³/mol. The fraction of sp³-hybridized carbons (Fsp3) is 0.100. The molecule has 0 atom stereocenters. The molecule has 4 rings (SSSR count). The lowest BCUT2D eigenvalue weighted by atomic mass is 10.1. The fourth-order valence-electron chi connectivity index (χ4n) is 2.72. The van der Waals surface area contributed by atoms with Gasteiger partial charge in [0, 0.05) is 29.0 Å². The highest BCUT2D eigenvalue weighted by atomic mass is 32.1. The predicted octanol–water partition coefficient (Wildman–Crippen LogP) is 4.71. The monoisotopic (exact) mass is 363 g/mol. The molecule has 0 aliphatic carbocycles. The molecule has 0 saturated heterocycles. The summed E-state index contributed by atoms with van der Waals surface area (Å²) < 4.78 is 7.52. The molecule has 0 unspecified atom stereocenters. The zero-order chi connectivity index (χ0) is 17.9. The van der Waals surface area contributed by atoms with Crippen LogP contribution in [0.2, 0.25) is 0 Å². The SMILES string of the molecule is CCOc1ccccc1C(=O)Nc1ccc(-c2cn3ccsc3n2)cc1. The Balaban J connectivity index is 1.52. The van der Waals surface area contributed by atoms with E-state index in [9.17, 15) is 4.79 Å². The molecule has 26 heavy (non-hydrogen) atoms. The van der Waals surface area contributed by atoms with E-state index in [1.165, 1.54) is 0 Å². The van der Waals surface area contributed by atoms with Gasteiger partial charge in [0.1, 0.15) is 5.75 Å². The number of anilines is 1. The smallest absolute Gasteiger partial charge is 0.259 e. The third kappa shape index (κ3) is 3.19. The van der Waals surface area contributed by atoms with Gasteiger partial charge in [-0.3, -0.25) is 9.20 Å². The number of amides is 1. The van der Waals surface area contributed by atoms with Gasteiger partial charge in [0.2, 0.25) is 0 Å². The van der Waals surface area contributed by atoms with Crippen molar-refractivity contribution in [2.75, 3.05) is 11.9 Å². The van der Waals surface area contributed by atoms with Gasteiger partial charge >= 0.3 is 0 Å². The second kappa shape index (κ2) is 7.01. The number of hydrogen-bond donors (Lipinski definition) is 1. The van der Waals surface area contributed by atoms with E-state index in [-0.39, 0.29) is 5.91 Å². The standard InChI is InChI=1S/C20H17N3O2S/c1-2-25-18-6-4-3-5-16(18)19(24)21-15-9-7-14(8-10-15)17-13-23-11-12-26-20(23)22-17/h3-13H,2H2,1H3,(H,21,24). The minimum absolute atomic E-state index is 0.190. The number of hydrogen-bond acceptors (Lipinski definition) is 4. The first kappa shape index (κ1) is 16.4. The molecule has 0 saturated carbocycles. The van der Waals surface area contributed by atoms with Crippen LogP contribution in [-0.4, -0.2) is 21.9 Å². The molecule has 0 aliphatic heterocycles. The Hall–Kier alpha value is -3.12. The van der Waals surface area contributed by atoms with E-state index in [1.54, 1.807) is 23.5 Å². The van der Waals surface area contributed by atoms with E-state index in [1.807, 2.05) is 65.5 Å². The van der Waals surface area contributed by atoms with Crippen molar-refractivity contribution in [2.45, 2.75) is 6.92 Å². The quantitative estimate of drug-likeness (QED) is 0.558. The number of nitrogens with one attached hydrogen (secondary N) is 1. The highest BCUT2D eigenvalue weighted by Gasteiger charge is 2.12. The summed E-state index contributed by atoms with van der Waals surface area (Å²) in [5.74, 6) is 0.395. The summed E-state index contributed by atoms with van der Waals surface area (Å²) in [5, 5.41) is 4.92. The van der Waals surface area contributed by atoms with Crippen LogP contribution in [0, 0.1) is 0 Å². The Morgan fingerprint density at radius 3 is 2.77 bits per heavy atom. The second-order valence-electron chi connectivity index (χ2n) is 5.68. The number of aromatic nitrogens is 2. The van der Waals surface area contributed by atoms with Gasteiger partial charge in [-0.25, -0.2) is 4.98 Å². The molecule has 1 N–H and O–H groups in total. The number of carbonyl (C=O) groups is 1. The Bertz CT molecular complexity index is 1020. The van der Waals surface area contributed by atoms with Crippen LogP contribution in [0.1, 0.15) is 17.3 Å². The zero-order valence-corrected chi connectivity index (χ0v) is 15.0. The van der Waals surface area contributed by atoms with E-state index < -0.39 is 0 Å². The molecule has 2 heterocycles. The van der Waals surface area contributed by atoms with Crippen molar-refractivity contribution < 1.29 is 9.53 Å². The van der Waals surface area contributed by atoms with Crippen molar-refractivity contribution in [2.24, 2.45) is 0 Å². The van der Waals surface area contributed by atoms with E-state index in [0.717, 1.165) is 21.9 Å². The molecule has 0 radical (unpaired) electrons. The molecular formula is C20H17N3O2S. The molecule has 0 aliphatic rings. The summed E-state index contributed by atoms with van der Waals surface area (Å²) in [7, 11) is 0. The average Bonchev–Trinajstić information content (AvgIpc) is 3.25. The van der Waals surface area contributed by atoms with E-state index in [2.05, 4.69) is 10.3 Å². The van der Waals surface area contributed by atoms with E-state index >= 15 is 0 Å². The van der Waals surface area contributed by atoms with Crippen LogP contribution in [0.25, 0.3) is 16.2 Å². The summed E-state index contributed by atoms with van der Waals surface area (Å²) in [6.45, 7) is 2.41. The van der Waals surface area contributed by atoms with Gasteiger partial charge in [-0.2, -0.15) is 0 Å². The van der Waals surface area contributed by atoms with Crippen molar-refractivity contribution in [3.63, 3.8) is 0 Å². The molecule has 4 aromatic rings. The summed E-state index contributed by atoms with van der Waals surface area (Å²) >= 11 is 1.60. The van der Waals surface area contributed by atoms with Gasteiger partial charge < -0.3 is 10.1 Å². The first-order chi connectivity index (χ1) is 12.7. The lowest BCUT2D eigenvalue weighted by molar-refractivity contribution is 0.102. The highest BCUT2D eigenvalue weighted by Crippen LogP contribution is 2.24. The second-order valence-corrected chi connectivity index (χ2v) is 6.55. The highest BCUT2D eigenvalue weighted by molar-refractivity contribution is 7.15. The molecule has 5 nitrogen and oxygen atoms in total. The summed E-state index contributed by atoms with van der Waals surface area (Å²) in [6.07, 6.45) is 3.98. The van der Waals surface area contributed by atoms with Gasteiger partial charge in [0.05, 0.1) is 17.9 Å². The molecule has 130 valence electrons. The number of para-hydroxylation sites is 1. The van der Waals surface area contributed by atoms with E-state index in [4.69, 9.17) is 4.74 Å². The summed E-state index contributed by atoms with van der Waals surface area (Å²) in [4.78, 5) is 18.1. The van der Waals surface area contributed by atoms with Crippen LogP contribution in [-0.2, 0) is 0 Å². The molecule has 1 amide bonds. The molecule has 0 fully saturated rings. The Labute approximate surface area is 154 Å². The van der Waals surface area contributed by atoms with Crippen LogP contribution in [0.5, 0.6) is 5.75 Å². The molecule has 0 bridgehead atoms. The number of nitrogens with zero attached hydrogens (tertiary/aromatic N) is 2. The van der Waals surface area contributed by atoms with Crippen molar-refractivity contribution >= 4 is 27.9 Å². The summed E-state index contributed by atoms with van der Waals surface area (Å²) in [6, 6.07) is 14.9. The number of imidazole rings is 1. The Morgan fingerprint density at radius 1 is 1.19 bits per heavy atom. The van der Waals surface area contributed by atoms with Crippen LogP contribution in [0.15, 0.2) is 66.3 Å². The number of benzene rings is 2. The largest absolute Gasteiger partial charge is 0.493 e. The molecule has 0 spiro atoms. The number of rotatable bonds is 5. The average molecular weight is 363 g/mol. The number of fused-ring (bicyclic) bond motifs is 1. The topological polar surface area (TPSA) is 55.6 Å². The lowest BCUT2D eigenvalue weighted by Crippen LogP contribution is -2.13. The van der Waals surface area contributed by atoms with Crippen molar-refractivity contribution in [1.29, 1.82) is 0 Å².